The van der Waals surface area contributed by atoms with Gasteiger partial charge in [-0.05, 0) is 12.0 Å². The average molecular weight is 268 g/mol. The third kappa shape index (κ3) is 4.43. The molecule has 1 aromatic rings. The van der Waals surface area contributed by atoms with Crippen molar-refractivity contribution >= 4 is 0 Å². The van der Waals surface area contributed by atoms with E-state index in [-0.39, 0.29) is 12.5 Å². The highest BCUT2D eigenvalue weighted by molar-refractivity contribution is 5.17. The van der Waals surface area contributed by atoms with Crippen LogP contribution in [0.25, 0.3) is 0 Å². The fraction of sp³-hybridized carbons (Fsp3) is 0.333. The second-order valence-electron chi connectivity index (χ2n) is 3.68. The Balaban J connectivity index is 2.74. The maximum absolute atomic E-state index is 12.2. The zero-order valence-electron chi connectivity index (χ0n) is 9.09. The molecule has 0 aliphatic carbocycles. The van der Waals surface area contributed by atoms with Crippen LogP contribution in [0.5, 0.6) is 0 Å². The lowest BCUT2D eigenvalue weighted by Crippen LogP contribution is -2.34. The van der Waals surface area contributed by atoms with Gasteiger partial charge in [0.25, 0.3) is 0 Å². The standard InChI is InChI=1S/C12H10F6/c13-11(14,15)10(12(16,17)18)8-4-7-9-5-2-1-3-6-9/h1-6,8,10H,7H2. The SMILES string of the molecule is FC(F)(F)C(C=CCc1ccccc1)C(F)(F)F. The molecule has 0 saturated carbocycles. The van der Waals surface area contributed by atoms with Gasteiger partial charge < -0.3 is 0 Å². The molecule has 0 fully saturated rings. The predicted molar refractivity (Wildman–Crippen MR) is 54.9 cm³/mol. The number of halogens is 6. The Hall–Kier alpha value is -1.46. The van der Waals surface area contributed by atoms with Crippen LogP contribution in [0.1, 0.15) is 5.56 Å². The summed E-state index contributed by atoms with van der Waals surface area (Å²) < 4.78 is 73.0. The highest BCUT2D eigenvalue weighted by Crippen LogP contribution is 2.40. The van der Waals surface area contributed by atoms with Crippen LogP contribution in [-0.2, 0) is 6.42 Å². The van der Waals surface area contributed by atoms with Gasteiger partial charge in [0.05, 0.1) is 0 Å². The van der Waals surface area contributed by atoms with Crippen LogP contribution >= 0.6 is 0 Å². The number of hydrogen-bond acceptors (Lipinski definition) is 0. The van der Waals surface area contributed by atoms with Crippen molar-refractivity contribution in [3.05, 3.63) is 48.0 Å². The van der Waals surface area contributed by atoms with Gasteiger partial charge in [-0.25, -0.2) is 0 Å². The summed E-state index contributed by atoms with van der Waals surface area (Å²) in [5.41, 5.74) is 0.650. The molecule has 0 N–H and O–H groups in total. The van der Waals surface area contributed by atoms with Gasteiger partial charge in [0.2, 0.25) is 0 Å². The topological polar surface area (TPSA) is 0 Å². The van der Waals surface area contributed by atoms with E-state index in [1.165, 1.54) is 0 Å². The van der Waals surface area contributed by atoms with Crippen LogP contribution < -0.4 is 0 Å². The summed E-state index contributed by atoms with van der Waals surface area (Å²) in [6, 6.07) is 8.28. The molecule has 0 aliphatic rings. The van der Waals surface area contributed by atoms with E-state index in [0.717, 1.165) is 6.08 Å². The molecule has 100 valence electrons. The summed E-state index contributed by atoms with van der Waals surface area (Å²) in [6.45, 7) is 0. The van der Waals surface area contributed by atoms with Gasteiger partial charge in [0.15, 0.2) is 5.92 Å². The molecule has 18 heavy (non-hydrogen) atoms. The molecule has 0 heterocycles. The first-order valence-electron chi connectivity index (χ1n) is 5.05. The van der Waals surface area contributed by atoms with E-state index in [1.54, 1.807) is 30.3 Å². The normalized spacial score (nSPS) is 13.5. The first-order chi connectivity index (χ1) is 8.21. The smallest absolute Gasteiger partial charge is 0.170 e. The van der Waals surface area contributed by atoms with E-state index >= 15 is 0 Å². The molecule has 0 amide bonds. The summed E-state index contributed by atoms with van der Waals surface area (Å²) in [6.07, 6.45) is -9.55. The second-order valence-corrected chi connectivity index (χ2v) is 3.68. The molecule has 0 spiro atoms. The van der Waals surface area contributed by atoms with E-state index < -0.39 is 18.3 Å². The van der Waals surface area contributed by atoms with E-state index in [2.05, 4.69) is 0 Å². The van der Waals surface area contributed by atoms with E-state index in [9.17, 15) is 26.3 Å². The van der Waals surface area contributed by atoms with Crippen molar-refractivity contribution in [1.82, 2.24) is 0 Å². The minimum absolute atomic E-state index is 0.0312. The Morgan fingerprint density at radius 2 is 1.39 bits per heavy atom. The summed E-state index contributed by atoms with van der Waals surface area (Å²) in [5, 5.41) is 0. The second kappa shape index (κ2) is 5.46. The predicted octanol–water partition coefficient (Wildman–Crippen LogP) is 4.53. The summed E-state index contributed by atoms with van der Waals surface area (Å²) in [5.74, 6) is -3.41. The van der Waals surface area contributed by atoms with Gasteiger partial charge in [-0.1, -0.05) is 42.5 Å². The Morgan fingerprint density at radius 1 is 0.889 bits per heavy atom. The lowest BCUT2D eigenvalue weighted by Gasteiger charge is -2.19. The molecule has 0 radical (unpaired) electrons. The van der Waals surface area contributed by atoms with Gasteiger partial charge >= 0.3 is 12.4 Å². The average Bonchev–Trinajstić information content (AvgIpc) is 2.22. The van der Waals surface area contributed by atoms with Crippen molar-refractivity contribution in [2.45, 2.75) is 18.8 Å². The first kappa shape index (κ1) is 14.6. The van der Waals surface area contributed by atoms with Gasteiger partial charge in [-0.2, -0.15) is 26.3 Å². The third-order valence-corrected chi connectivity index (χ3v) is 2.23. The van der Waals surface area contributed by atoms with Crippen molar-refractivity contribution in [2.75, 3.05) is 0 Å². The molecule has 1 rings (SSSR count). The molecular formula is C12H10F6. The molecule has 1 aromatic carbocycles. The molecule has 0 nitrogen and oxygen atoms in total. The van der Waals surface area contributed by atoms with Crippen molar-refractivity contribution in [3.8, 4) is 0 Å². The largest absolute Gasteiger partial charge is 0.403 e. The Bertz CT molecular complexity index is 373. The third-order valence-electron chi connectivity index (χ3n) is 2.23. The minimum Gasteiger partial charge on any atom is -0.170 e. The van der Waals surface area contributed by atoms with Crippen molar-refractivity contribution < 1.29 is 26.3 Å². The molecule has 6 heteroatoms. The highest BCUT2D eigenvalue weighted by atomic mass is 19.4. The number of allylic oxidation sites excluding steroid dienone is 2. The quantitative estimate of drug-likeness (QED) is 0.558. The van der Waals surface area contributed by atoms with Crippen LogP contribution in [0, 0.1) is 5.92 Å². The van der Waals surface area contributed by atoms with Crippen LogP contribution in [0.15, 0.2) is 42.5 Å². The lowest BCUT2D eigenvalue weighted by atomic mass is 10.1. The highest BCUT2D eigenvalue weighted by Gasteiger charge is 2.54. The first-order valence-corrected chi connectivity index (χ1v) is 5.05. The zero-order valence-corrected chi connectivity index (χ0v) is 9.09. The van der Waals surface area contributed by atoms with Crippen LogP contribution in [0.3, 0.4) is 0 Å². The number of hydrogen-bond donors (Lipinski definition) is 0. The van der Waals surface area contributed by atoms with Gasteiger partial charge in [0.1, 0.15) is 0 Å². The monoisotopic (exact) mass is 268 g/mol. The summed E-state index contributed by atoms with van der Waals surface area (Å²) in [4.78, 5) is 0. The zero-order chi connectivity index (χ0) is 13.8. The van der Waals surface area contributed by atoms with Crippen LogP contribution in [-0.4, -0.2) is 12.4 Å². The van der Waals surface area contributed by atoms with Crippen molar-refractivity contribution in [3.63, 3.8) is 0 Å². The van der Waals surface area contributed by atoms with E-state index in [4.69, 9.17) is 0 Å². The van der Waals surface area contributed by atoms with Gasteiger partial charge in [-0.3, -0.25) is 0 Å². The molecule has 0 aliphatic heterocycles. The molecular weight excluding hydrogens is 258 g/mol. The summed E-state index contributed by atoms with van der Waals surface area (Å²) >= 11 is 0. The fourth-order valence-corrected chi connectivity index (χ4v) is 1.36. The van der Waals surface area contributed by atoms with Crippen molar-refractivity contribution in [1.29, 1.82) is 0 Å². The Kier molecular flexibility index (Phi) is 4.43. The fourth-order valence-electron chi connectivity index (χ4n) is 1.36. The maximum Gasteiger partial charge on any atom is 0.403 e. The Morgan fingerprint density at radius 3 is 1.83 bits per heavy atom. The van der Waals surface area contributed by atoms with Gasteiger partial charge in [0, 0.05) is 0 Å². The van der Waals surface area contributed by atoms with E-state index in [1.807, 2.05) is 0 Å². The lowest BCUT2D eigenvalue weighted by molar-refractivity contribution is -0.267. The minimum atomic E-state index is -5.31. The summed E-state index contributed by atoms with van der Waals surface area (Å²) in [7, 11) is 0. The number of benzene rings is 1. The molecule has 0 aromatic heterocycles. The number of rotatable bonds is 3. The van der Waals surface area contributed by atoms with Crippen molar-refractivity contribution in [2.24, 2.45) is 5.92 Å². The molecule has 0 bridgehead atoms. The van der Waals surface area contributed by atoms with E-state index in [0.29, 0.717) is 5.56 Å². The molecule has 0 atom stereocenters. The maximum atomic E-state index is 12.2. The number of alkyl halides is 6. The molecule has 0 saturated heterocycles. The van der Waals surface area contributed by atoms with Crippen LogP contribution in [0.4, 0.5) is 26.3 Å². The Labute approximate surface area is 99.9 Å². The molecule has 0 unspecified atom stereocenters. The van der Waals surface area contributed by atoms with Crippen LogP contribution in [0.2, 0.25) is 0 Å². The van der Waals surface area contributed by atoms with Gasteiger partial charge in [-0.15, -0.1) is 0 Å².